The molecule has 1 aromatic carbocycles. The lowest BCUT2D eigenvalue weighted by molar-refractivity contribution is -0.385. The molecule has 0 fully saturated rings. The Morgan fingerprint density at radius 3 is 2.70 bits per heavy atom. The highest BCUT2D eigenvalue weighted by Crippen LogP contribution is 2.28. The van der Waals surface area contributed by atoms with E-state index in [1.807, 2.05) is 19.1 Å². The highest BCUT2D eigenvalue weighted by Gasteiger charge is 2.15. The van der Waals surface area contributed by atoms with E-state index in [-0.39, 0.29) is 17.3 Å². The second-order valence-electron chi connectivity index (χ2n) is 6.03. The Balaban J connectivity index is 2.00. The number of carbonyl (C=O) groups is 1. The zero-order valence-electron chi connectivity index (χ0n) is 15.5. The van der Waals surface area contributed by atoms with Gasteiger partial charge in [-0.25, -0.2) is 0 Å². The molecule has 142 valence electrons. The molecule has 0 saturated carbocycles. The average molecular weight is 369 g/mol. The van der Waals surface area contributed by atoms with Crippen LogP contribution in [0.3, 0.4) is 0 Å². The molecule has 1 aromatic heterocycles. The molecule has 0 aliphatic carbocycles. The zero-order chi connectivity index (χ0) is 19.6. The van der Waals surface area contributed by atoms with Crippen LogP contribution in [0.5, 0.6) is 5.75 Å². The number of likely N-dealkylation sites (N-methyl/N-ethyl adjacent to an activating group) is 1. The van der Waals surface area contributed by atoms with Crippen LogP contribution in [0.4, 0.5) is 5.69 Å². The molecule has 0 bridgehead atoms. The minimum Gasteiger partial charge on any atom is -0.487 e. The Labute approximate surface area is 158 Å². The zero-order valence-corrected chi connectivity index (χ0v) is 15.5. The molecule has 1 heterocycles. The SMILES string of the molecule is CCCOc1ccc(/C=C/C(=O)N(C)CCc2ccncc2)cc1[N+](=O)[O-]. The second kappa shape index (κ2) is 10.1. The average Bonchev–Trinajstić information content (AvgIpc) is 2.69. The van der Waals surface area contributed by atoms with Gasteiger partial charge >= 0.3 is 5.69 Å². The monoisotopic (exact) mass is 369 g/mol. The Hall–Kier alpha value is -3.22. The number of rotatable bonds is 9. The first-order chi connectivity index (χ1) is 13.0. The van der Waals surface area contributed by atoms with Crippen molar-refractivity contribution >= 4 is 17.7 Å². The van der Waals surface area contributed by atoms with Crippen LogP contribution in [-0.2, 0) is 11.2 Å². The number of nitro groups is 1. The summed E-state index contributed by atoms with van der Waals surface area (Å²) >= 11 is 0. The quantitative estimate of drug-likeness (QED) is 0.384. The summed E-state index contributed by atoms with van der Waals surface area (Å²) in [6.07, 6.45) is 7.92. The smallest absolute Gasteiger partial charge is 0.311 e. The van der Waals surface area contributed by atoms with Gasteiger partial charge in [-0.2, -0.15) is 0 Å². The first-order valence-electron chi connectivity index (χ1n) is 8.74. The van der Waals surface area contributed by atoms with E-state index in [1.54, 1.807) is 42.6 Å². The van der Waals surface area contributed by atoms with Gasteiger partial charge in [-0.05, 0) is 48.2 Å². The molecule has 2 rings (SSSR count). The van der Waals surface area contributed by atoms with Crippen LogP contribution in [0.15, 0.2) is 48.8 Å². The van der Waals surface area contributed by atoms with Gasteiger partial charge in [0.25, 0.3) is 0 Å². The van der Waals surface area contributed by atoms with Gasteiger partial charge < -0.3 is 9.64 Å². The number of aromatic nitrogens is 1. The summed E-state index contributed by atoms with van der Waals surface area (Å²) < 4.78 is 5.40. The number of hydrogen-bond donors (Lipinski definition) is 0. The minimum absolute atomic E-state index is 0.107. The number of nitrogens with zero attached hydrogens (tertiary/aromatic N) is 3. The van der Waals surface area contributed by atoms with Crippen molar-refractivity contribution in [3.05, 3.63) is 70.0 Å². The summed E-state index contributed by atoms with van der Waals surface area (Å²) in [5, 5.41) is 11.2. The summed E-state index contributed by atoms with van der Waals surface area (Å²) in [7, 11) is 1.72. The topological polar surface area (TPSA) is 85.6 Å². The van der Waals surface area contributed by atoms with Crippen molar-refractivity contribution in [1.29, 1.82) is 0 Å². The molecule has 0 aliphatic rings. The Bertz CT molecular complexity index is 806. The highest BCUT2D eigenvalue weighted by molar-refractivity contribution is 5.91. The number of nitro benzene ring substituents is 1. The van der Waals surface area contributed by atoms with Gasteiger partial charge in [0.1, 0.15) is 0 Å². The lowest BCUT2D eigenvalue weighted by atomic mass is 10.1. The number of benzene rings is 1. The Morgan fingerprint density at radius 1 is 1.30 bits per heavy atom. The molecule has 0 spiro atoms. The maximum Gasteiger partial charge on any atom is 0.311 e. The van der Waals surface area contributed by atoms with Crippen molar-refractivity contribution in [3.63, 3.8) is 0 Å². The van der Waals surface area contributed by atoms with Crippen molar-refractivity contribution < 1.29 is 14.5 Å². The van der Waals surface area contributed by atoms with E-state index in [0.717, 1.165) is 18.4 Å². The minimum atomic E-state index is -0.481. The summed E-state index contributed by atoms with van der Waals surface area (Å²) in [6, 6.07) is 8.49. The van der Waals surface area contributed by atoms with Crippen LogP contribution < -0.4 is 4.74 Å². The van der Waals surface area contributed by atoms with Crippen molar-refractivity contribution in [2.75, 3.05) is 20.2 Å². The summed E-state index contributed by atoms with van der Waals surface area (Å²) in [4.78, 5) is 28.5. The van der Waals surface area contributed by atoms with Gasteiger partial charge in [0.2, 0.25) is 5.91 Å². The lowest BCUT2D eigenvalue weighted by Crippen LogP contribution is -2.27. The van der Waals surface area contributed by atoms with Crippen molar-refractivity contribution in [1.82, 2.24) is 9.88 Å². The van der Waals surface area contributed by atoms with E-state index in [4.69, 9.17) is 4.74 Å². The van der Waals surface area contributed by atoms with E-state index in [2.05, 4.69) is 4.98 Å². The van der Waals surface area contributed by atoms with E-state index in [9.17, 15) is 14.9 Å². The van der Waals surface area contributed by atoms with Crippen LogP contribution in [-0.4, -0.2) is 40.9 Å². The molecular formula is C20H23N3O4. The molecule has 27 heavy (non-hydrogen) atoms. The van der Waals surface area contributed by atoms with E-state index < -0.39 is 4.92 Å². The normalized spacial score (nSPS) is 10.7. The molecule has 7 heteroatoms. The first kappa shape index (κ1) is 20.1. The second-order valence-corrected chi connectivity index (χ2v) is 6.03. The molecule has 0 N–H and O–H groups in total. The maximum absolute atomic E-state index is 12.2. The third-order valence-electron chi connectivity index (χ3n) is 3.92. The molecule has 1 amide bonds. The van der Waals surface area contributed by atoms with Crippen molar-refractivity contribution in [2.45, 2.75) is 19.8 Å². The van der Waals surface area contributed by atoms with Gasteiger partial charge in [-0.15, -0.1) is 0 Å². The predicted octanol–water partition coefficient (Wildman–Crippen LogP) is 3.49. The molecule has 0 atom stereocenters. The van der Waals surface area contributed by atoms with E-state index in [0.29, 0.717) is 18.7 Å². The number of hydrogen-bond acceptors (Lipinski definition) is 5. The van der Waals surface area contributed by atoms with Crippen LogP contribution in [0.1, 0.15) is 24.5 Å². The lowest BCUT2D eigenvalue weighted by Gasteiger charge is -2.14. The van der Waals surface area contributed by atoms with Crippen molar-refractivity contribution in [2.24, 2.45) is 0 Å². The van der Waals surface area contributed by atoms with Gasteiger partial charge in [0, 0.05) is 38.1 Å². The summed E-state index contributed by atoms with van der Waals surface area (Å²) in [6.45, 7) is 2.91. The largest absolute Gasteiger partial charge is 0.487 e. The standard InChI is InChI=1S/C20H23N3O4/c1-3-14-27-19-6-4-17(15-18(19)23(25)26)5-7-20(24)22(2)13-10-16-8-11-21-12-9-16/h4-9,11-12,15H,3,10,13-14H2,1-2H3/b7-5+. The predicted molar refractivity (Wildman–Crippen MR) is 103 cm³/mol. The van der Waals surface area contributed by atoms with E-state index in [1.165, 1.54) is 12.1 Å². The number of ether oxygens (including phenoxy) is 1. The molecule has 0 unspecified atom stereocenters. The first-order valence-corrected chi connectivity index (χ1v) is 8.74. The van der Waals surface area contributed by atoms with Crippen LogP contribution in [0, 0.1) is 10.1 Å². The molecule has 7 nitrogen and oxygen atoms in total. The Morgan fingerprint density at radius 2 is 2.04 bits per heavy atom. The Kier molecular flexibility index (Phi) is 7.49. The maximum atomic E-state index is 12.2. The fourth-order valence-electron chi connectivity index (χ4n) is 2.37. The van der Waals surface area contributed by atoms with E-state index >= 15 is 0 Å². The third-order valence-corrected chi connectivity index (χ3v) is 3.92. The van der Waals surface area contributed by atoms with Crippen LogP contribution >= 0.6 is 0 Å². The molecule has 2 aromatic rings. The van der Waals surface area contributed by atoms with Crippen molar-refractivity contribution in [3.8, 4) is 5.75 Å². The summed E-state index contributed by atoms with van der Waals surface area (Å²) in [5.41, 5.74) is 1.57. The molecule has 0 saturated heterocycles. The molecule has 0 radical (unpaired) electrons. The third kappa shape index (κ3) is 6.22. The van der Waals surface area contributed by atoms with Gasteiger partial charge in [0.05, 0.1) is 11.5 Å². The van der Waals surface area contributed by atoms with Gasteiger partial charge in [-0.1, -0.05) is 13.0 Å². The number of carbonyl (C=O) groups excluding carboxylic acids is 1. The van der Waals surface area contributed by atoms with Crippen LogP contribution in [0.25, 0.3) is 6.08 Å². The number of amides is 1. The van der Waals surface area contributed by atoms with Gasteiger partial charge in [-0.3, -0.25) is 19.9 Å². The number of pyridine rings is 1. The summed E-state index contributed by atoms with van der Waals surface area (Å²) in [5.74, 6) is 0.0674. The van der Waals surface area contributed by atoms with Crippen LogP contribution in [0.2, 0.25) is 0 Å². The van der Waals surface area contributed by atoms with Gasteiger partial charge in [0.15, 0.2) is 5.75 Å². The molecular weight excluding hydrogens is 346 g/mol. The fourth-order valence-corrected chi connectivity index (χ4v) is 2.37. The molecule has 0 aliphatic heterocycles. The highest BCUT2D eigenvalue weighted by atomic mass is 16.6. The fraction of sp³-hybridized carbons (Fsp3) is 0.300.